The molecule has 8 nitrogen and oxygen atoms in total. The lowest BCUT2D eigenvalue weighted by molar-refractivity contribution is 0.0953. The van der Waals surface area contributed by atoms with Gasteiger partial charge in [0.1, 0.15) is 18.0 Å². The Morgan fingerprint density at radius 2 is 1.97 bits per heavy atom. The van der Waals surface area contributed by atoms with Crippen molar-refractivity contribution in [1.82, 2.24) is 29.1 Å². The number of halogens is 2. The molecular formula is C29H22ClFN6O2. The van der Waals surface area contributed by atoms with Crippen molar-refractivity contribution < 1.29 is 9.18 Å². The van der Waals surface area contributed by atoms with Crippen LogP contribution in [0.25, 0.3) is 28.0 Å². The molecule has 0 bridgehead atoms. The lowest BCUT2D eigenvalue weighted by Crippen LogP contribution is -2.28. The van der Waals surface area contributed by atoms with Gasteiger partial charge in [0.25, 0.3) is 5.56 Å². The average molecular weight is 541 g/mol. The first-order valence-corrected chi connectivity index (χ1v) is 13.4. The van der Waals surface area contributed by atoms with Crippen molar-refractivity contribution in [3.05, 3.63) is 92.9 Å². The monoisotopic (exact) mass is 540 g/mol. The van der Waals surface area contributed by atoms with Crippen molar-refractivity contribution in [1.29, 1.82) is 0 Å². The fourth-order valence-electron chi connectivity index (χ4n) is 6.52. The Labute approximate surface area is 226 Å². The van der Waals surface area contributed by atoms with Crippen LogP contribution in [0.15, 0.2) is 53.8 Å². The molecule has 8 rings (SSSR count). The number of pyridine rings is 2. The number of hydrogen-bond donors (Lipinski definition) is 1. The molecule has 10 heteroatoms. The van der Waals surface area contributed by atoms with Crippen LogP contribution in [0.4, 0.5) is 4.39 Å². The smallest absolute Gasteiger partial charge is 0.252 e. The van der Waals surface area contributed by atoms with Gasteiger partial charge in [-0.3, -0.25) is 14.0 Å². The van der Waals surface area contributed by atoms with E-state index in [9.17, 15) is 9.59 Å². The Balaban J connectivity index is 1.27. The summed E-state index contributed by atoms with van der Waals surface area (Å²) in [6.45, 7) is 0. The van der Waals surface area contributed by atoms with Gasteiger partial charge in [0.05, 0.1) is 23.0 Å². The molecule has 5 heterocycles. The zero-order valence-corrected chi connectivity index (χ0v) is 21.5. The van der Waals surface area contributed by atoms with Gasteiger partial charge in [-0.25, -0.2) is 9.37 Å². The van der Waals surface area contributed by atoms with Crippen molar-refractivity contribution in [3.63, 3.8) is 0 Å². The summed E-state index contributed by atoms with van der Waals surface area (Å²) in [5.41, 5.74) is 4.55. The van der Waals surface area contributed by atoms with E-state index in [1.807, 2.05) is 28.8 Å². The van der Waals surface area contributed by atoms with Gasteiger partial charge in [0, 0.05) is 46.6 Å². The predicted molar refractivity (Wildman–Crippen MR) is 142 cm³/mol. The molecule has 4 aromatic heterocycles. The molecule has 0 radical (unpaired) electrons. The van der Waals surface area contributed by atoms with E-state index in [0.29, 0.717) is 59.5 Å². The highest BCUT2D eigenvalue weighted by Crippen LogP contribution is 2.55. The lowest BCUT2D eigenvalue weighted by atomic mass is 9.80. The number of imidazole rings is 1. The van der Waals surface area contributed by atoms with Crippen molar-refractivity contribution in [2.45, 2.75) is 44.6 Å². The zero-order valence-electron chi connectivity index (χ0n) is 20.7. The number of nitrogens with one attached hydrogen (secondary N) is 1. The Morgan fingerprint density at radius 3 is 2.82 bits per heavy atom. The molecular weight excluding hydrogens is 519 g/mol. The quantitative estimate of drug-likeness (QED) is 0.332. The third kappa shape index (κ3) is 3.39. The number of carbonyl (C=O) groups is 1. The number of rotatable bonds is 2. The maximum atomic E-state index is 15.6. The molecule has 194 valence electrons. The normalized spacial score (nSPS) is 19.0. The Hall–Kier alpha value is -4.11. The van der Waals surface area contributed by atoms with Crippen LogP contribution >= 0.6 is 11.6 Å². The van der Waals surface area contributed by atoms with Gasteiger partial charge in [-0.05, 0) is 61.3 Å². The summed E-state index contributed by atoms with van der Waals surface area (Å²) >= 11 is 6.20. The van der Waals surface area contributed by atoms with Crippen molar-refractivity contribution in [3.8, 4) is 22.4 Å². The van der Waals surface area contributed by atoms with E-state index in [-0.39, 0.29) is 27.8 Å². The molecule has 1 spiro atoms. The van der Waals surface area contributed by atoms with Crippen LogP contribution in [0.2, 0.25) is 5.02 Å². The Morgan fingerprint density at radius 1 is 1.10 bits per heavy atom. The summed E-state index contributed by atoms with van der Waals surface area (Å²) < 4.78 is 19.1. The van der Waals surface area contributed by atoms with Gasteiger partial charge in [-0.2, -0.15) is 0 Å². The van der Waals surface area contributed by atoms with Crippen LogP contribution in [-0.2, 0) is 12.8 Å². The van der Waals surface area contributed by atoms with E-state index in [4.69, 9.17) is 11.6 Å². The predicted octanol–water partition coefficient (Wildman–Crippen LogP) is 5.19. The molecule has 1 saturated carbocycles. The number of fused-ring (bicyclic) bond motifs is 6. The van der Waals surface area contributed by atoms with E-state index in [2.05, 4.69) is 20.2 Å². The molecule has 0 unspecified atom stereocenters. The zero-order chi connectivity index (χ0) is 26.5. The number of hydrogen-bond acceptors (Lipinski definition) is 5. The van der Waals surface area contributed by atoms with Crippen molar-refractivity contribution in [2.75, 3.05) is 0 Å². The molecule has 39 heavy (non-hydrogen) atoms. The Bertz CT molecular complexity index is 1920. The summed E-state index contributed by atoms with van der Waals surface area (Å²) in [6.07, 6.45) is 9.25. The molecule has 2 aliphatic carbocycles. The van der Waals surface area contributed by atoms with E-state index < -0.39 is 5.82 Å². The van der Waals surface area contributed by atoms with Gasteiger partial charge in [-0.15, -0.1) is 10.2 Å². The number of carbonyl (C=O) groups excluding carboxylic acids is 1. The van der Waals surface area contributed by atoms with Crippen LogP contribution in [-0.4, -0.2) is 34.9 Å². The summed E-state index contributed by atoms with van der Waals surface area (Å²) in [6, 6.07) is 8.32. The first-order chi connectivity index (χ1) is 18.9. The van der Waals surface area contributed by atoms with Crippen LogP contribution < -0.4 is 5.56 Å². The maximum absolute atomic E-state index is 15.6. The van der Waals surface area contributed by atoms with E-state index in [1.165, 1.54) is 6.07 Å². The number of benzene rings is 1. The lowest BCUT2D eigenvalue weighted by Gasteiger charge is -2.25. The molecule has 0 saturated heterocycles. The number of aromatic amines is 1. The van der Waals surface area contributed by atoms with E-state index >= 15 is 4.39 Å². The van der Waals surface area contributed by atoms with E-state index in [1.54, 1.807) is 23.2 Å². The number of ketones is 1. The molecule has 1 aliphatic heterocycles. The second kappa shape index (κ2) is 7.95. The molecule has 1 atom stereocenters. The number of H-pyrrole nitrogens is 1. The first-order valence-electron chi connectivity index (χ1n) is 13.0. The third-order valence-corrected chi connectivity index (χ3v) is 8.92. The molecule has 5 aromatic rings. The van der Waals surface area contributed by atoms with Crippen LogP contribution in [0.5, 0.6) is 0 Å². The number of aromatic nitrogens is 6. The van der Waals surface area contributed by atoms with Crippen LogP contribution in [0.3, 0.4) is 0 Å². The summed E-state index contributed by atoms with van der Waals surface area (Å²) in [4.78, 5) is 35.4. The van der Waals surface area contributed by atoms with E-state index in [0.717, 1.165) is 29.7 Å². The maximum Gasteiger partial charge on any atom is 0.252 e. The second-order valence-corrected chi connectivity index (χ2v) is 11.4. The van der Waals surface area contributed by atoms with Gasteiger partial charge in [0.15, 0.2) is 11.4 Å². The Kier molecular flexibility index (Phi) is 4.66. The topological polar surface area (TPSA) is 97.9 Å². The van der Waals surface area contributed by atoms with Gasteiger partial charge in [0.2, 0.25) is 0 Å². The van der Waals surface area contributed by atoms with Crippen molar-refractivity contribution in [2.24, 2.45) is 5.41 Å². The molecule has 3 aliphatic rings. The van der Waals surface area contributed by atoms with Gasteiger partial charge >= 0.3 is 0 Å². The summed E-state index contributed by atoms with van der Waals surface area (Å²) in [7, 11) is 0. The molecule has 0 amide bonds. The highest BCUT2D eigenvalue weighted by Gasteiger charge is 2.47. The second-order valence-electron chi connectivity index (χ2n) is 11.0. The minimum Gasteiger partial charge on any atom is -0.340 e. The minimum atomic E-state index is -0.569. The number of nitrogens with zero attached hydrogens (tertiary/aromatic N) is 5. The molecule has 1 aromatic carbocycles. The van der Waals surface area contributed by atoms with Gasteiger partial charge < -0.3 is 9.55 Å². The third-order valence-electron chi connectivity index (χ3n) is 8.63. The SMILES string of the molecule is O=C1CC2(CC2)Cc2ccc(Cl)c(F)c2-c2cc(=O)n3c(c21)CC[C@@H]3c1ncc(-c2ccn3cnnc3c2)[nH]1. The highest BCUT2D eigenvalue weighted by atomic mass is 35.5. The minimum absolute atomic E-state index is 0.0107. The fourth-order valence-corrected chi connectivity index (χ4v) is 6.68. The van der Waals surface area contributed by atoms with Crippen molar-refractivity contribution >= 4 is 23.0 Å². The van der Waals surface area contributed by atoms with Crippen LogP contribution in [0.1, 0.15) is 59.2 Å². The first kappa shape index (κ1) is 22.8. The van der Waals surface area contributed by atoms with Gasteiger partial charge in [-0.1, -0.05) is 17.7 Å². The molecule has 1 N–H and O–H groups in total. The largest absolute Gasteiger partial charge is 0.340 e. The standard InChI is InChI=1S/C29H22ClFN6O2/c30-18-2-1-16-11-29(6-7-29)12-22(38)26-17(25(16)27(18)31)10-24(39)37-20(26)3-4-21(37)28-32-13-19(34-28)15-5-8-36-14-33-35-23(36)9-15/h1-2,5,8-10,13-14,21H,3-4,6-7,11-12H2,(H,32,34)/t21-/m1/s1. The summed E-state index contributed by atoms with van der Waals surface area (Å²) in [5.74, 6) is 0.0394. The highest BCUT2D eigenvalue weighted by molar-refractivity contribution is 6.31. The summed E-state index contributed by atoms with van der Waals surface area (Å²) in [5, 5.41) is 8.01. The molecule has 1 fully saturated rings. The van der Waals surface area contributed by atoms with Crippen LogP contribution in [0, 0.1) is 11.2 Å². The fraction of sp³-hybridized carbons (Fsp3) is 0.276. The number of Topliss-reactive ketones (excluding diaryl/α,β-unsaturated/α-hetero) is 1. The average Bonchev–Trinajstić information content (AvgIpc) is 3.31.